The van der Waals surface area contributed by atoms with Gasteiger partial charge in [0.05, 0.1) is 11.6 Å². The van der Waals surface area contributed by atoms with E-state index in [0.717, 1.165) is 12.8 Å². The van der Waals surface area contributed by atoms with Crippen molar-refractivity contribution in [3.8, 4) is 6.07 Å². The van der Waals surface area contributed by atoms with Crippen LogP contribution in [0, 0.1) is 17.1 Å². The molecular weight excluding hydrogens is 177 g/mol. The highest BCUT2D eigenvalue weighted by Crippen LogP contribution is 2.24. The van der Waals surface area contributed by atoms with Gasteiger partial charge in [-0.3, -0.25) is 0 Å². The zero-order chi connectivity index (χ0) is 10.6. The van der Waals surface area contributed by atoms with Gasteiger partial charge in [-0.1, -0.05) is 20.3 Å². The fraction of sp³-hybridized carbons (Fsp3) is 0.417. The number of rotatable bonds is 3. The lowest BCUT2D eigenvalue weighted by molar-refractivity contribution is 0.570. The van der Waals surface area contributed by atoms with Crippen LogP contribution < -0.4 is 0 Å². The molecule has 0 saturated carbocycles. The molecule has 14 heavy (non-hydrogen) atoms. The van der Waals surface area contributed by atoms with Gasteiger partial charge in [0.1, 0.15) is 5.82 Å². The van der Waals surface area contributed by atoms with Crippen molar-refractivity contribution < 1.29 is 4.39 Å². The summed E-state index contributed by atoms with van der Waals surface area (Å²) in [5, 5.41) is 8.69. The molecule has 0 saturated heterocycles. The van der Waals surface area contributed by atoms with E-state index < -0.39 is 0 Å². The molecule has 0 N–H and O–H groups in total. The average molecular weight is 191 g/mol. The largest absolute Gasteiger partial charge is 0.207 e. The Hall–Kier alpha value is -1.36. The second-order valence-electron chi connectivity index (χ2n) is 3.54. The molecule has 1 rings (SSSR count). The van der Waals surface area contributed by atoms with E-state index in [9.17, 15) is 4.39 Å². The number of benzene rings is 1. The predicted octanol–water partition coefficient (Wildman–Crippen LogP) is 3.60. The molecule has 74 valence electrons. The lowest BCUT2D eigenvalue weighted by Gasteiger charge is -2.11. The maximum absolute atomic E-state index is 13.4. The van der Waals surface area contributed by atoms with E-state index in [1.165, 1.54) is 12.1 Å². The van der Waals surface area contributed by atoms with Crippen molar-refractivity contribution in [2.45, 2.75) is 32.6 Å². The summed E-state index contributed by atoms with van der Waals surface area (Å²) in [5.41, 5.74) is 1.19. The molecule has 2 heteroatoms. The van der Waals surface area contributed by atoms with Crippen molar-refractivity contribution in [3.05, 3.63) is 35.1 Å². The van der Waals surface area contributed by atoms with Crippen LogP contribution >= 0.6 is 0 Å². The van der Waals surface area contributed by atoms with Gasteiger partial charge in [-0.05, 0) is 36.1 Å². The lowest BCUT2D eigenvalue weighted by Crippen LogP contribution is -1.97. The second kappa shape index (κ2) is 4.76. The topological polar surface area (TPSA) is 23.8 Å². The van der Waals surface area contributed by atoms with E-state index >= 15 is 0 Å². The van der Waals surface area contributed by atoms with E-state index in [4.69, 9.17) is 5.26 Å². The van der Waals surface area contributed by atoms with Crippen molar-refractivity contribution >= 4 is 0 Å². The lowest BCUT2D eigenvalue weighted by atomic mass is 9.95. The molecule has 0 aliphatic rings. The van der Waals surface area contributed by atoms with E-state index in [1.807, 2.05) is 13.0 Å². The first-order chi connectivity index (χ1) is 6.69. The minimum atomic E-state index is -0.204. The minimum absolute atomic E-state index is 0.188. The fourth-order valence-electron chi connectivity index (χ4n) is 1.58. The Balaban J connectivity index is 3.01. The van der Waals surface area contributed by atoms with Gasteiger partial charge in [0.15, 0.2) is 0 Å². The Bertz CT molecular complexity index is 352. The van der Waals surface area contributed by atoms with Crippen molar-refractivity contribution in [2.24, 2.45) is 0 Å². The third kappa shape index (κ3) is 2.32. The highest BCUT2D eigenvalue weighted by Gasteiger charge is 2.10. The number of hydrogen-bond acceptors (Lipinski definition) is 1. The van der Waals surface area contributed by atoms with Crippen LogP contribution in [0.4, 0.5) is 4.39 Å². The first-order valence-corrected chi connectivity index (χ1v) is 4.88. The highest BCUT2D eigenvalue weighted by molar-refractivity contribution is 5.35. The van der Waals surface area contributed by atoms with Gasteiger partial charge in [-0.2, -0.15) is 5.26 Å². The summed E-state index contributed by atoms with van der Waals surface area (Å²) in [6.45, 7) is 4.06. The summed E-state index contributed by atoms with van der Waals surface area (Å²) in [7, 11) is 0. The molecule has 0 fully saturated rings. The summed E-state index contributed by atoms with van der Waals surface area (Å²) < 4.78 is 13.4. The van der Waals surface area contributed by atoms with Crippen LogP contribution in [-0.4, -0.2) is 0 Å². The van der Waals surface area contributed by atoms with Gasteiger partial charge in [0.25, 0.3) is 0 Å². The molecule has 0 aliphatic heterocycles. The van der Waals surface area contributed by atoms with Crippen molar-refractivity contribution in [3.63, 3.8) is 0 Å². The predicted molar refractivity (Wildman–Crippen MR) is 54.4 cm³/mol. The molecule has 1 atom stereocenters. The van der Waals surface area contributed by atoms with Crippen molar-refractivity contribution in [1.29, 1.82) is 5.26 Å². The number of hydrogen-bond donors (Lipinski definition) is 0. The zero-order valence-electron chi connectivity index (χ0n) is 8.55. The van der Waals surface area contributed by atoms with E-state index in [0.29, 0.717) is 11.1 Å². The molecule has 0 radical (unpaired) electrons. The first-order valence-electron chi connectivity index (χ1n) is 4.88. The Morgan fingerprint density at radius 1 is 1.50 bits per heavy atom. The van der Waals surface area contributed by atoms with Crippen LogP contribution in [0.15, 0.2) is 18.2 Å². The molecule has 1 aromatic carbocycles. The molecule has 0 heterocycles. The first kappa shape index (κ1) is 10.7. The molecule has 0 aromatic heterocycles. The Kier molecular flexibility index (Phi) is 3.64. The van der Waals surface area contributed by atoms with Crippen molar-refractivity contribution in [2.75, 3.05) is 0 Å². The van der Waals surface area contributed by atoms with Crippen LogP contribution in [0.1, 0.15) is 43.7 Å². The summed E-state index contributed by atoms with van der Waals surface area (Å²) >= 11 is 0. The van der Waals surface area contributed by atoms with E-state index in [2.05, 4.69) is 6.92 Å². The standard InChI is InChI=1S/C12H14FN/c1-3-4-9(2)11-7-10(8-14)5-6-12(11)13/h5-7,9H,3-4H2,1-2H3. The average Bonchev–Trinajstić information content (AvgIpc) is 2.19. The number of halogens is 1. The van der Waals surface area contributed by atoms with Gasteiger partial charge >= 0.3 is 0 Å². The summed E-state index contributed by atoms with van der Waals surface area (Å²) in [5.74, 6) is -0.0155. The molecule has 1 unspecified atom stereocenters. The third-order valence-electron chi connectivity index (χ3n) is 2.38. The molecule has 0 amide bonds. The van der Waals surface area contributed by atoms with Crippen molar-refractivity contribution in [1.82, 2.24) is 0 Å². The summed E-state index contributed by atoms with van der Waals surface area (Å²) in [6.07, 6.45) is 1.98. The van der Waals surface area contributed by atoms with Gasteiger partial charge in [0, 0.05) is 0 Å². The monoisotopic (exact) mass is 191 g/mol. The SMILES string of the molecule is CCCC(C)c1cc(C#N)ccc1F. The van der Waals surface area contributed by atoms with Gasteiger partial charge in [-0.25, -0.2) is 4.39 Å². The zero-order valence-corrected chi connectivity index (χ0v) is 8.55. The molecule has 1 nitrogen and oxygen atoms in total. The van der Waals surface area contributed by atoms with Crippen LogP contribution in [0.3, 0.4) is 0 Å². The van der Waals surface area contributed by atoms with Gasteiger partial charge in [0.2, 0.25) is 0 Å². The molecule has 0 bridgehead atoms. The van der Waals surface area contributed by atoms with E-state index in [-0.39, 0.29) is 11.7 Å². The Morgan fingerprint density at radius 3 is 2.79 bits per heavy atom. The van der Waals surface area contributed by atoms with Gasteiger partial charge in [-0.15, -0.1) is 0 Å². The quantitative estimate of drug-likeness (QED) is 0.716. The van der Waals surface area contributed by atoms with Crippen LogP contribution in [-0.2, 0) is 0 Å². The number of nitrogens with zero attached hydrogens (tertiary/aromatic N) is 1. The van der Waals surface area contributed by atoms with Crippen LogP contribution in [0.2, 0.25) is 0 Å². The van der Waals surface area contributed by atoms with E-state index in [1.54, 1.807) is 6.07 Å². The highest BCUT2D eigenvalue weighted by atomic mass is 19.1. The van der Waals surface area contributed by atoms with Crippen LogP contribution in [0.5, 0.6) is 0 Å². The molecule has 1 aromatic rings. The Morgan fingerprint density at radius 2 is 2.21 bits per heavy atom. The maximum Gasteiger partial charge on any atom is 0.126 e. The fourth-order valence-corrected chi connectivity index (χ4v) is 1.58. The molecule has 0 aliphatic carbocycles. The number of nitriles is 1. The third-order valence-corrected chi connectivity index (χ3v) is 2.38. The molecular formula is C12H14FN. The van der Waals surface area contributed by atoms with Crippen LogP contribution in [0.25, 0.3) is 0 Å². The maximum atomic E-state index is 13.4. The summed E-state index contributed by atoms with van der Waals surface area (Å²) in [4.78, 5) is 0. The van der Waals surface area contributed by atoms with Gasteiger partial charge < -0.3 is 0 Å². The summed E-state index contributed by atoms with van der Waals surface area (Å²) in [6, 6.07) is 6.56. The second-order valence-corrected chi connectivity index (χ2v) is 3.54. The smallest absolute Gasteiger partial charge is 0.126 e. The molecule has 0 spiro atoms. The minimum Gasteiger partial charge on any atom is -0.207 e. The Labute approximate surface area is 84.2 Å². The normalized spacial score (nSPS) is 12.1.